The summed E-state index contributed by atoms with van der Waals surface area (Å²) in [5.74, 6) is -0.410. The molecular formula is C12H13N3O3. The maximum absolute atomic E-state index is 12.0. The second-order valence-corrected chi connectivity index (χ2v) is 3.98. The fourth-order valence-corrected chi connectivity index (χ4v) is 1.41. The molecule has 0 fully saturated rings. The van der Waals surface area contributed by atoms with E-state index in [9.17, 15) is 14.9 Å². The van der Waals surface area contributed by atoms with Gasteiger partial charge in [0.05, 0.1) is 11.0 Å². The number of hydrogen-bond donors (Lipinski definition) is 0. The van der Waals surface area contributed by atoms with Gasteiger partial charge in [0.1, 0.15) is 6.04 Å². The molecule has 0 aliphatic heterocycles. The number of carbonyl (C=O) groups excluding carboxylic acids is 1. The number of benzene rings is 1. The van der Waals surface area contributed by atoms with Crippen molar-refractivity contribution in [1.29, 1.82) is 5.26 Å². The Morgan fingerprint density at radius 2 is 2.17 bits per heavy atom. The Morgan fingerprint density at radius 3 is 2.67 bits per heavy atom. The van der Waals surface area contributed by atoms with E-state index in [2.05, 4.69) is 0 Å². The summed E-state index contributed by atoms with van der Waals surface area (Å²) in [6.07, 6.45) is 0. The topological polar surface area (TPSA) is 87.2 Å². The molecule has 0 aromatic heterocycles. The predicted octanol–water partition coefficient (Wildman–Crippen LogP) is 1.89. The third-order valence-electron chi connectivity index (χ3n) is 2.74. The van der Waals surface area contributed by atoms with Crippen LogP contribution in [-0.4, -0.2) is 28.8 Å². The number of amides is 1. The first-order valence-electron chi connectivity index (χ1n) is 5.30. The molecule has 1 rings (SSSR count). The van der Waals surface area contributed by atoms with Gasteiger partial charge in [-0.15, -0.1) is 0 Å². The number of nitriles is 1. The molecule has 6 heteroatoms. The lowest BCUT2D eigenvalue weighted by Crippen LogP contribution is -2.34. The van der Waals surface area contributed by atoms with Crippen molar-refractivity contribution in [1.82, 2.24) is 4.90 Å². The van der Waals surface area contributed by atoms with Gasteiger partial charge < -0.3 is 4.90 Å². The summed E-state index contributed by atoms with van der Waals surface area (Å²) < 4.78 is 0. The normalized spacial score (nSPS) is 11.4. The van der Waals surface area contributed by atoms with Crippen molar-refractivity contribution in [3.63, 3.8) is 0 Å². The van der Waals surface area contributed by atoms with Crippen molar-refractivity contribution >= 4 is 11.6 Å². The van der Waals surface area contributed by atoms with Gasteiger partial charge in [0.15, 0.2) is 0 Å². The molecule has 0 N–H and O–H groups in total. The van der Waals surface area contributed by atoms with E-state index in [1.807, 2.05) is 6.07 Å². The Labute approximate surface area is 105 Å². The molecule has 0 spiro atoms. The standard InChI is InChI=1S/C12H13N3O3/c1-8-4-5-10(6-11(8)15(17)18)12(16)14(3)9(2)7-13/h4-6,9H,1-3H3. The van der Waals surface area contributed by atoms with E-state index < -0.39 is 16.9 Å². The molecular weight excluding hydrogens is 234 g/mol. The third kappa shape index (κ3) is 2.63. The Balaban J connectivity index is 3.12. The van der Waals surface area contributed by atoms with Gasteiger partial charge >= 0.3 is 0 Å². The maximum atomic E-state index is 12.0. The zero-order valence-electron chi connectivity index (χ0n) is 10.4. The van der Waals surface area contributed by atoms with Crippen molar-refractivity contribution in [3.05, 3.63) is 39.4 Å². The first kappa shape index (κ1) is 13.6. The van der Waals surface area contributed by atoms with Gasteiger partial charge in [-0.3, -0.25) is 14.9 Å². The fraction of sp³-hybridized carbons (Fsp3) is 0.333. The van der Waals surface area contributed by atoms with E-state index in [1.165, 1.54) is 30.1 Å². The average Bonchev–Trinajstić information content (AvgIpc) is 2.36. The highest BCUT2D eigenvalue weighted by Gasteiger charge is 2.20. The molecule has 1 aromatic carbocycles. The highest BCUT2D eigenvalue weighted by atomic mass is 16.6. The van der Waals surface area contributed by atoms with Crippen molar-refractivity contribution in [2.75, 3.05) is 7.05 Å². The van der Waals surface area contributed by atoms with Crippen LogP contribution in [0.3, 0.4) is 0 Å². The van der Waals surface area contributed by atoms with E-state index in [0.29, 0.717) is 5.56 Å². The van der Waals surface area contributed by atoms with Gasteiger partial charge in [0, 0.05) is 24.2 Å². The Hall–Kier alpha value is -2.42. The number of nitrogens with zero attached hydrogens (tertiary/aromatic N) is 3. The van der Waals surface area contributed by atoms with E-state index in [1.54, 1.807) is 13.8 Å². The van der Waals surface area contributed by atoms with Crippen molar-refractivity contribution in [3.8, 4) is 6.07 Å². The van der Waals surface area contributed by atoms with Crippen LogP contribution in [-0.2, 0) is 0 Å². The van der Waals surface area contributed by atoms with Crippen LogP contribution in [0.15, 0.2) is 18.2 Å². The molecule has 0 aliphatic rings. The minimum atomic E-state index is -0.585. The van der Waals surface area contributed by atoms with Crippen molar-refractivity contribution in [2.24, 2.45) is 0 Å². The predicted molar refractivity (Wildman–Crippen MR) is 65.0 cm³/mol. The van der Waals surface area contributed by atoms with Crippen molar-refractivity contribution in [2.45, 2.75) is 19.9 Å². The second kappa shape index (κ2) is 5.27. The van der Waals surface area contributed by atoms with Crippen LogP contribution < -0.4 is 0 Å². The van der Waals surface area contributed by atoms with Gasteiger partial charge in [0.2, 0.25) is 0 Å². The lowest BCUT2D eigenvalue weighted by Gasteiger charge is -2.19. The van der Waals surface area contributed by atoms with Gasteiger partial charge in [0.25, 0.3) is 11.6 Å². The van der Waals surface area contributed by atoms with Gasteiger partial charge in [-0.05, 0) is 19.9 Å². The molecule has 18 heavy (non-hydrogen) atoms. The van der Waals surface area contributed by atoms with Crippen molar-refractivity contribution < 1.29 is 9.72 Å². The number of hydrogen-bond acceptors (Lipinski definition) is 4. The van der Waals surface area contributed by atoms with E-state index in [-0.39, 0.29) is 11.3 Å². The minimum absolute atomic E-state index is 0.0983. The molecule has 1 aromatic rings. The second-order valence-electron chi connectivity index (χ2n) is 3.98. The Morgan fingerprint density at radius 1 is 1.56 bits per heavy atom. The zero-order chi connectivity index (χ0) is 13.9. The molecule has 1 atom stereocenters. The smallest absolute Gasteiger partial charge is 0.273 e. The number of aryl methyl sites for hydroxylation is 1. The summed E-state index contributed by atoms with van der Waals surface area (Å²) in [6.45, 7) is 3.19. The first-order valence-corrected chi connectivity index (χ1v) is 5.30. The molecule has 0 bridgehead atoms. The first-order chi connectivity index (χ1) is 8.38. The fourth-order valence-electron chi connectivity index (χ4n) is 1.41. The minimum Gasteiger partial charge on any atom is -0.326 e. The highest BCUT2D eigenvalue weighted by Crippen LogP contribution is 2.20. The van der Waals surface area contributed by atoms with Gasteiger partial charge in [-0.2, -0.15) is 5.26 Å². The molecule has 0 heterocycles. The average molecular weight is 247 g/mol. The molecule has 94 valence electrons. The summed E-state index contributed by atoms with van der Waals surface area (Å²) in [5, 5.41) is 19.5. The third-order valence-corrected chi connectivity index (χ3v) is 2.74. The molecule has 0 aliphatic carbocycles. The summed E-state index contributed by atoms with van der Waals surface area (Å²) in [7, 11) is 1.49. The summed E-state index contributed by atoms with van der Waals surface area (Å²) in [4.78, 5) is 23.5. The quantitative estimate of drug-likeness (QED) is 0.602. The summed E-state index contributed by atoms with van der Waals surface area (Å²) in [5.41, 5.74) is 0.600. The van der Waals surface area contributed by atoms with E-state index in [4.69, 9.17) is 5.26 Å². The van der Waals surface area contributed by atoms with Crippen LogP contribution in [0.4, 0.5) is 5.69 Å². The highest BCUT2D eigenvalue weighted by molar-refractivity contribution is 5.95. The number of nitro benzene ring substituents is 1. The van der Waals surface area contributed by atoms with E-state index >= 15 is 0 Å². The summed E-state index contributed by atoms with van der Waals surface area (Å²) >= 11 is 0. The number of rotatable bonds is 3. The molecule has 1 unspecified atom stereocenters. The van der Waals surface area contributed by atoms with Crippen LogP contribution in [0.2, 0.25) is 0 Å². The number of carbonyl (C=O) groups is 1. The monoisotopic (exact) mass is 247 g/mol. The molecule has 0 saturated heterocycles. The molecule has 1 amide bonds. The van der Waals surface area contributed by atoms with Crippen LogP contribution >= 0.6 is 0 Å². The number of nitro groups is 1. The van der Waals surface area contributed by atoms with Crippen LogP contribution in [0, 0.1) is 28.4 Å². The van der Waals surface area contributed by atoms with Gasteiger partial charge in [-0.1, -0.05) is 6.07 Å². The van der Waals surface area contributed by atoms with Crippen LogP contribution in [0.25, 0.3) is 0 Å². The molecule has 0 saturated carbocycles. The Bertz CT molecular complexity index is 534. The lowest BCUT2D eigenvalue weighted by atomic mass is 10.1. The van der Waals surface area contributed by atoms with Gasteiger partial charge in [-0.25, -0.2) is 0 Å². The van der Waals surface area contributed by atoms with Crippen LogP contribution in [0.1, 0.15) is 22.8 Å². The SMILES string of the molecule is Cc1ccc(C(=O)N(C)C(C)C#N)cc1[N+](=O)[O-]. The Kier molecular flexibility index (Phi) is 4.00. The largest absolute Gasteiger partial charge is 0.326 e. The summed E-state index contributed by atoms with van der Waals surface area (Å²) in [6, 6.07) is 5.63. The zero-order valence-corrected chi connectivity index (χ0v) is 10.4. The lowest BCUT2D eigenvalue weighted by molar-refractivity contribution is -0.385. The molecule has 0 radical (unpaired) electrons. The van der Waals surface area contributed by atoms with E-state index in [0.717, 1.165) is 0 Å². The maximum Gasteiger partial charge on any atom is 0.273 e. The molecule has 6 nitrogen and oxygen atoms in total. The van der Waals surface area contributed by atoms with Crippen LogP contribution in [0.5, 0.6) is 0 Å².